The maximum absolute atomic E-state index is 12.1. The quantitative estimate of drug-likeness (QED) is 0.861. The van der Waals surface area contributed by atoms with Crippen LogP contribution >= 0.6 is 11.3 Å². The van der Waals surface area contributed by atoms with Crippen LogP contribution in [0.15, 0.2) is 15.7 Å². The molecule has 0 spiro atoms. The van der Waals surface area contributed by atoms with Crippen molar-refractivity contribution in [2.75, 3.05) is 0 Å². The first-order valence-corrected chi connectivity index (χ1v) is 6.82. The van der Waals surface area contributed by atoms with E-state index in [9.17, 15) is 14.4 Å². The Balaban J connectivity index is 2.54. The van der Waals surface area contributed by atoms with Gasteiger partial charge in [-0.3, -0.25) is 14.6 Å². The Hall–Kier alpha value is -1.89. The Bertz CT molecular complexity index is 725. The van der Waals surface area contributed by atoms with Crippen molar-refractivity contribution in [2.24, 2.45) is 0 Å². The SMILES string of the molecule is CCCCc1cc2c(=O)n(CC(=O)O)c(=O)[nH]c2s1. The number of H-pyrrole nitrogens is 1. The summed E-state index contributed by atoms with van der Waals surface area (Å²) in [5.41, 5.74) is -1.22. The number of hydrogen-bond acceptors (Lipinski definition) is 4. The Morgan fingerprint density at radius 1 is 1.47 bits per heavy atom. The average molecular weight is 282 g/mol. The smallest absolute Gasteiger partial charge is 0.329 e. The number of aromatic amines is 1. The summed E-state index contributed by atoms with van der Waals surface area (Å²) in [7, 11) is 0. The van der Waals surface area contributed by atoms with E-state index in [1.165, 1.54) is 11.3 Å². The minimum atomic E-state index is -1.21. The van der Waals surface area contributed by atoms with Crippen LogP contribution in [0.2, 0.25) is 0 Å². The van der Waals surface area contributed by atoms with Crippen LogP contribution in [-0.4, -0.2) is 20.6 Å². The van der Waals surface area contributed by atoms with E-state index in [0.717, 1.165) is 24.1 Å². The van der Waals surface area contributed by atoms with Crippen LogP contribution in [-0.2, 0) is 17.8 Å². The number of rotatable bonds is 5. The zero-order valence-corrected chi connectivity index (χ0v) is 11.2. The molecular formula is C12H14N2O4S. The minimum absolute atomic E-state index is 0.386. The predicted octanol–water partition coefficient (Wildman–Crippen LogP) is 1.18. The van der Waals surface area contributed by atoms with Gasteiger partial charge in [-0.25, -0.2) is 9.36 Å². The van der Waals surface area contributed by atoms with Crippen molar-refractivity contribution in [2.45, 2.75) is 32.7 Å². The Kier molecular flexibility index (Phi) is 3.84. The van der Waals surface area contributed by atoms with Crippen LogP contribution in [0.3, 0.4) is 0 Å². The van der Waals surface area contributed by atoms with E-state index >= 15 is 0 Å². The highest BCUT2D eigenvalue weighted by molar-refractivity contribution is 7.18. The van der Waals surface area contributed by atoms with E-state index in [4.69, 9.17) is 5.11 Å². The maximum Gasteiger partial charge on any atom is 0.329 e. The Morgan fingerprint density at radius 3 is 2.84 bits per heavy atom. The molecule has 19 heavy (non-hydrogen) atoms. The van der Waals surface area contributed by atoms with E-state index in [2.05, 4.69) is 11.9 Å². The van der Waals surface area contributed by atoms with E-state index in [-0.39, 0.29) is 0 Å². The molecule has 0 fully saturated rings. The van der Waals surface area contributed by atoms with Crippen molar-refractivity contribution < 1.29 is 9.90 Å². The zero-order chi connectivity index (χ0) is 14.0. The fourth-order valence-corrected chi connectivity index (χ4v) is 2.93. The molecule has 0 radical (unpaired) electrons. The molecule has 0 saturated carbocycles. The summed E-state index contributed by atoms with van der Waals surface area (Å²) in [4.78, 5) is 38.5. The van der Waals surface area contributed by atoms with Crippen molar-refractivity contribution in [3.63, 3.8) is 0 Å². The molecule has 0 unspecified atom stereocenters. The number of nitrogens with one attached hydrogen (secondary N) is 1. The van der Waals surface area contributed by atoms with Crippen molar-refractivity contribution >= 4 is 27.5 Å². The lowest BCUT2D eigenvalue weighted by molar-refractivity contribution is -0.137. The molecular weight excluding hydrogens is 268 g/mol. The molecule has 2 aromatic rings. The van der Waals surface area contributed by atoms with E-state index in [1.54, 1.807) is 6.07 Å². The molecule has 2 rings (SSSR count). The van der Waals surface area contributed by atoms with Gasteiger partial charge in [0.05, 0.1) is 5.39 Å². The number of aliphatic carboxylic acids is 1. The Labute approximate surface area is 112 Å². The second-order valence-corrected chi connectivity index (χ2v) is 5.41. The third-order valence-corrected chi connectivity index (χ3v) is 3.90. The third kappa shape index (κ3) is 2.76. The summed E-state index contributed by atoms with van der Waals surface area (Å²) in [5, 5.41) is 9.09. The minimum Gasteiger partial charge on any atom is -0.480 e. The maximum atomic E-state index is 12.1. The summed E-state index contributed by atoms with van der Waals surface area (Å²) >= 11 is 1.38. The van der Waals surface area contributed by atoms with Gasteiger partial charge in [0.2, 0.25) is 0 Å². The summed E-state index contributed by atoms with van der Waals surface area (Å²) in [5.74, 6) is -1.21. The third-order valence-electron chi connectivity index (χ3n) is 2.79. The normalized spacial score (nSPS) is 11.0. The molecule has 2 heterocycles. The van der Waals surface area contributed by atoms with E-state index in [0.29, 0.717) is 14.8 Å². The van der Waals surface area contributed by atoms with Gasteiger partial charge in [0.15, 0.2) is 0 Å². The predicted molar refractivity (Wildman–Crippen MR) is 73.0 cm³/mol. The van der Waals surface area contributed by atoms with Gasteiger partial charge in [0.25, 0.3) is 5.56 Å². The van der Waals surface area contributed by atoms with Crippen molar-refractivity contribution in [1.29, 1.82) is 0 Å². The molecule has 0 saturated heterocycles. The number of fused-ring (bicyclic) bond motifs is 1. The number of nitrogens with zero attached hydrogens (tertiary/aromatic N) is 1. The van der Waals surface area contributed by atoms with Gasteiger partial charge in [-0.05, 0) is 18.9 Å². The average Bonchev–Trinajstić information content (AvgIpc) is 2.74. The molecule has 6 nitrogen and oxygen atoms in total. The van der Waals surface area contributed by atoms with Crippen molar-refractivity contribution in [1.82, 2.24) is 9.55 Å². The first kappa shape index (κ1) is 13.5. The number of aryl methyl sites for hydroxylation is 1. The van der Waals surface area contributed by atoms with Crippen molar-refractivity contribution in [3.8, 4) is 0 Å². The highest BCUT2D eigenvalue weighted by atomic mass is 32.1. The van der Waals surface area contributed by atoms with E-state index in [1.807, 2.05) is 0 Å². The van der Waals surface area contributed by atoms with Gasteiger partial charge in [0, 0.05) is 4.88 Å². The second kappa shape index (κ2) is 5.40. The molecule has 102 valence electrons. The lowest BCUT2D eigenvalue weighted by atomic mass is 10.2. The monoisotopic (exact) mass is 282 g/mol. The molecule has 0 aromatic carbocycles. The molecule has 0 amide bonds. The first-order valence-electron chi connectivity index (χ1n) is 6.00. The molecule has 0 aliphatic rings. The molecule has 0 aliphatic carbocycles. The number of aromatic nitrogens is 2. The second-order valence-electron chi connectivity index (χ2n) is 4.27. The fourth-order valence-electron chi connectivity index (χ4n) is 1.85. The van der Waals surface area contributed by atoms with Crippen LogP contribution < -0.4 is 11.2 Å². The fraction of sp³-hybridized carbons (Fsp3) is 0.417. The van der Waals surface area contributed by atoms with Gasteiger partial charge < -0.3 is 5.11 Å². The highest BCUT2D eigenvalue weighted by Crippen LogP contribution is 2.21. The molecule has 7 heteroatoms. The number of hydrogen-bond donors (Lipinski definition) is 2. The standard InChI is InChI=1S/C12H14N2O4S/c1-2-3-4-7-5-8-10(19-7)13-12(18)14(11(8)17)6-9(15)16/h5H,2-4,6H2,1H3,(H,13,18)(H,15,16). The number of carbonyl (C=O) groups is 1. The number of carboxylic acids is 1. The van der Waals surface area contributed by atoms with Gasteiger partial charge in [0.1, 0.15) is 11.4 Å². The van der Waals surface area contributed by atoms with Crippen LogP contribution in [0.25, 0.3) is 10.2 Å². The number of unbranched alkanes of at least 4 members (excludes halogenated alkanes) is 1. The summed E-state index contributed by atoms with van der Waals surface area (Å²) < 4.78 is 0.709. The van der Waals surface area contributed by atoms with Gasteiger partial charge in [-0.15, -0.1) is 11.3 Å². The molecule has 0 aliphatic heterocycles. The molecule has 2 aromatic heterocycles. The number of carboxylic acid groups (broad SMARTS) is 1. The Morgan fingerprint density at radius 2 is 2.21 bits per heavy atom. The van der Waals surface area contributed by atoms with Gasteiger partial charge in [-0.1, -0.05) is 13.3 Å². The van der Waals surface area contributed by atoms with Crippen LogP contribution in [0.5, 0.6) is 0 Å². The lowest BCUT2D eigenvalue weighted by Gasteiger charge is -1.99. The van der Waals surface area contributed by atoms with Gasteiger partial charge >= 0.3 is 11.7 Å². The molecule has 2 N–H and O–H groups in total. The topological polar surface area (TPSA) is 92.2 Å². The lowest BCUT2D eigenvalue weighted by Crippen LogP contribution is -2.36. The largest absolute Gasteiger partial charge is 0.480 e. The number of thiophene rings is 1. The first-order chi connectivity index (χ1) is 9.02. The highest BCUT2D eigenvalue weighted by Gasteiger charge is 2.13. The van der Waals surface area contributed by atoms with Crippen LogP contribution in [0.1, 0.15) is 24.6 Å². The molecule has 0 bridgehead atoms. The van der Waals surface area contributed by atoms with Gasteiger partial charge in [-0.2, -0.15) is 0 Å². The van der Waals surface area contributed by atoms with Crippen molar-refractivity contribution in [3.05, 3.63) is 31.8 Å². The zero-order valence-electron chi connectivity index (χ0n) is 10.4. The summed E-state index contributed by atoms with van der Waals surface area (Å²) in [6, 6.07) is 1.74. The summed E-state index contributed by atoms with van der Waals surface area (Å²) in [6.07, 6.45) is 2.92. The summed E-state index contributed by atoms with van der Waals surface area (Å²) in [6.45, 7) is 1.46. The molecule has 0 atom stereocenters. The van der Waals surface area contributed by atoms with E-state index < -0.39 is 23.8 Å². The van der Waals surface area contributed by atoms with Crippen LogP contribution in [0.4, 0.5) is 0 Å². The van der Waals surface area contributed by atoms with Crippen LogP contribution in [0, 0.1) is 0 Å².